The van der Waals surface area contributed by atoms with Crippen molar-refractivity contribution in [3.05, 3.63) is 23.8 Å². The van der Waals surface area contributed by atoms with E-state index < -0.39 is 23.6 Å². The van der Waals surface area contributed by atoms with Gasteiger partial charge in [0, 0.05) is 12.4 Å². The second-order valence-electron chi connectivity index (χ2n) is 2.81. The maximum Gasteiger partial charge on any atom is 0.282 e. The summed E-state index contributed by atoms with van der Waals surface area (Å²) in [6.07, 6.45) is 2.60. The quantitative estimate of drug-likeness (QED) is 0.516. The molecule has 6 nitrogen and oxygen atoms in total. The van der Waals surface area contributed by atoms with Gasteiger partial charge in [0.25, 0.3) is 11.8 Å². The van der Waals surface area contributed by atoms with Crippen LogP contribution in [0.5, 0.6) is 0 Å². The van der Waals surface area contributed by atoms with Crippen molar-refractivity contribution in [1.82, 2.24) is 14.9 Å². The highest BCUT2D eigenvalue weighted by Crippen LogP contribution is 2.17. The van der Waals surface area contributed by atoms with Crippen molar-refractivity contribution in [2.75, 3.05) is 6.54 Å². The molecule has 0 atom stereocenters. The molecule has 0 fully saturated rings. The molecule has 0 radical (unpaired) electrons. The predicted octanol–water partition coefficient (Wildman–Crippen LogP) is -0.162. The lowest BCUT2D eigenvalue weighted by atomic mass is 10.3. The Morgan fingerprint density at radius 1 is 1.20 bits per heavy atom. The van der Waals surface area contributed by atoms with Gasteiger partial charge in [-0.3, -0.25) is 19.3 Å². The highest BCUT2D eigenvalue weighted by Gasteiger charge is 2.38. The first kappa shape index (κ1) is 9.72. The number of amides is 2. The Hall–Kier alpha value is -1.82. The number of nitrogens with zero attached hydrogens (tertiary/aromatic N) is 3. The Bertz CT molecular complexity index is 439. The molecule has 0 spiro atoms. The van der Waals surface area contributed by atoms with E-state index in [2.05, 4.69) is 9.97 Å². The normalized spacial score (nSPS) is 14.3. The van der Waals surface area contributed by atoms with Crippen LogP contribution in [0.25, 0.3) is 0 Å². The molecule has 1 aromatic rings. The molecule has 2 heterocycles. The molecule has 2 amide bonds. The molecule has 0 aliphatic carbocycles. The topological polar surface area (TPSA) is 80.2 Å². The van der Waals surface area contributed by atoms with Crippen LogP contribution in [-0.2, 0) is 4.79 Å². The van der Waals surface area contributed by atoms with E-state index >= 15 is 0 Å². The number of imide groups is 1. The van der Waals surface area contributed by atoms with E-state index in [-0.39, 0.29) is 11.4 Å². The fraction of sp³-hybridized carbons (Fsp3) is 0.125. The Kier molecular flexibility index (Phi) is 2.20. The molecule has 1 aliphatic rings. The monoisotopic (exact) mass is 225 g/mol. The van der Waals surface area contributed by atoms with E-state index in [1.54, 1.807) is 0 Å². The van der Waals surface area contributed by atoms with Gasteiger partial charge in [-0.1, -0.05) is 0 Å². The molecule has 0 N–H and O–H groups in total. The van der Waals surface area contributed by atoms with Gasteiger partial charge >= 0.3 is 0 Å². The first-order valence-corrected chi connectivity index (χ1v) is 4.34. The molecule has 7 heteroatoms. The van der Waals surface area contributed by atoms with Crippen LogP contribution >= 0.6 is 11.6 Å². The van der Waals surface area contributed by atoms with Crippen LogP contribution in [0.15, 0.2) is 12.4 Å². The van der Waals surface area contributed by atoms with Crippen LogP contribution in [0.4, 0.5) is 0 Å². The van der Waals surface area contributed by atoms with Gasteiger partial charge in [-0.2, -0.15) is 0 Å². The summed E-state index contributed by atoms with van der Waals surface area (Å²) >= 11 is 5.11. The molecule has 1 aliphatic heterocycles. The van der Waals surface area contributed by atoms with Crippen LogP contribution < -0.4 is 0 Å². The third kappa shape index (κ3) is 1.48. The van der Waals surface area contributed by atoms with Crippen molar-refractivity contribution in [3.63, 3.8) is 0 Å². The van der Waals surface area contributed by atoms with E-state index in [0.717, 1.165) is 4.90 Å². The molecule has 76 valence electrons. The van der Waals surface area contributed by atoms with E-state index in [4.69, 9.17) is 11.6 Å². The van der Waals surface area contributed by atoms with Gasteiger partial charge in [0.2, 0.25) is 5.24 Å². The first-order chi connectivity index (χ1) is 7.11. The fourth-order valence-electron chi connectivity index (χ4n) is 1.27. The van der Waals surface area contributed by atoms with Gasteiger partial charge in [0.15, 0.2) is 11.4 Å². The Morgan fingerprint density at radius 3 is 2.07 bits per heavy atom. The summed E-state index contributed by atoms with van der Waals surface area (Å²) in [5.74, 6) is -1.28. The van der Waals surface area contributed by atoms with Gasteiger partial charge in [-0.15, -0.1) is 0 Å². The summed E-state index contributed by atoms with van der Waals surface area (Å²) in [6.45, 7) is -0.461. The number of rotatable bonds is 2. The maximum absolute atomic E-state index is 11.5. The summed E-state index contributed by atoms with van der Waals surface area (Å²) in [4.78, 5) is 41.8. The second kappa shape index (κ2) is 3.39. The summed E-state index contributed by atoms with van der Waals surface area (Å²) in [6, 6.07) is 0. The van der Waals surface area contributed by atoms with Crippen LogP contribution in [-0.4, -0.2) is 38.5 Å². The minimum Gasteiger partial charge on any atom is -0.279 e. The Labute approximate surface area is 88.9 Å². The molecule has 1 aromatic heterocycles. The average molecular weight is 226 g/mol. The summed E-state index contributed by atoms with van der Waals surface area (Å²) in [7, 11) is 0. The van der Waals surface area contributed by atoms with Gasteiger partial charge in [0.1, 0.15) is 6.54 Å². The molecule has 15 heavy (non-hydrogen) atoms. The highest BCUT2D eigenvalue weighted by atomic mass is 35.5. The van der Waals surface area contributed by atoms with E-state index in [1.165, 1.54) is 12.4 Å². The largest absolute Gasteiger partial charge is 0.282 e. The Morgan fingerprint density at radius 2 is 1.67 bits per heavy atom. The summed E-state index contributed by atoms with van der Waals surface area (Å²) in [5, 5.41) is -0.787. The van der Waals surface area contributed by atoms with Gasteiger partial charge < -0.3 is 0 Å². The molecule has 0 saturated carbocycles. The molecule has 2 rings (SSSR count). The zero-order chi connectivity index (χ0) is 11.0. The van der Waals surface area contributed by atoms with Crippen molar-refractivity contribution in [3.8, 4) is 0 Å². The van der Waals surface area contributed by atoms with Crippen LogP contribution in [0, 0.1) is 0 Å². The lowest BCUT2D eigenvalue weighted by Gasteiger charge is -2.08. The lowest BCUT2D eigenvalue weighted by molar-refractivity contribution is -0.112. The number of aromatic nitrogens is 2. The Balaban J connectivity index is 2.41. The van der Waals surface area contributed by atoms with Gasteiger partial charge in [0.05, 0.1) is 0 Å². The molecular formula is C8H4ClN3O3. The third-order valence-electron chi connectivity index (χ3n) is 1.88. The molecule has 0 bridgehead atoms. The van der Waals surface area contributed by atoms with Crippen molar-refractivity contribution < 1.29 is 14.4 Å². The van der Waals surface area contributed by atoms with Crippen LogP contribution in [0.1, 0.15) is 21.0 Å². The van der Waals surface area contributed by atoms with Crippen molar-refractivity contribution in [2.24, 2.45) is 0 Å². The number of fused-ring (bicyclic) bond motifs is 1. The number of hydrogen-bond acceptors (Lipinski definition) is 5. The molecule has 0 saturated heterocycles. The molecular weight excluding hydrogens is 222 g/mol. The fourth-order valence-corrected chi connectivity index (χ4v) is 1.39. The van der Waals surface area contributed by atoms with Crippen LogP contribution in [0.3, 0.4) is 0 Å². The molecule has 0 aromatic carbocycles. The van der Waals surface area contributed by atoms with E-state index in [0.29, 0.717) is 0 Å². The molecule has 0 unspecified atom stereocenters. The standard InChI is InChI=1S/C8H4ClN3O3/c9-4(13)3-12-7(14)5-6(8(12)15)11-2-1-10-5/h1-2H,3H2. The second-order valence-corrected chi connectivity index (χ2v) is 3.23. The lowest BCUT2D eigenvalue weighted by Crippen LogP contribution is -2.33. The van der Waals surface area contributed by atoms with E-state index in [9.17, 15) is 14.4 Å². The van der Waals surface area contributed by atoms with Crippen molar-refractivity contribution in [2.45, 2.75) is 0 Å². The number of carbonyl (C=O) groups excluding carboxylic acids is 3. The van der Waals surface area contributed by atoms with Gasteiger partial charge in [-0.05, 0) is 11.6 Å². The number of halogens is 1. The predicted molar refractivity (Wildman–Crippen MR) is 48.3 cm³/mol. The maximum atomic E-state index is 11.5. The summed E-state index contributed by atoms with van der Waals surface area (Å²) < 4.78 is 0. The van der Waals surface area contributed by atoms with Crippen molar-refractivity contribution >= 4 is 28.7 Å². The average Bonchev–Trinajstić information content (AvgIpc) is 2.44. The smallest absolute Gasteiger partial charge is 0.279 e. The minimum absolute atomic E-state index is 0.0413. The zero-order valence-electron chi connectivity index (χ0n) is 7.31. The van der Waals surface area contributed by atoms with E-state index in [1.807, 2.05) is 0 Å². The van der Waals surface area contributed by atoms with Crippen molar-refractivity contribution in [1.29, 1.82) is 0 Å². The SMILES string of the molecule is O=C(Cl)CN1C(=O)c2nccnc2C1=O. The number of hydrogen-bond donors (Lipinski definition) is 0. The minimum atomic E-state index is -0.787. The number of carbonyl (C=O) groups is 3. The highest BCUT2D eigenvalue weighted by molar-refractivity contribution is 6.64. The summed E-state index contributed by atoms with van der Waals surface area (Å²) in [5.41, 5.74) is -0.0826. The van der Waals surface area contributed by atoms with Crippen LogP contribution in [0.2, 0.25) is 0 Å². The zero-order valence-corrected chi connectivity index (χ0v) is 8.06. The van der Waals surface area contributed by atoms with Gasteiger partial charge in [-0.25, -0.2) is 9.97 Å². The third-order valence-corrected chi connectivity index (χ3v) is 2.00. The first-order valence-electron chi connectivity index (χ1n) is 3.97.